The largest absolute Gasteiger partial charge is 0.475 e. The summed E-state index contributed by atoms with van der Waals surface area (Å²) in [5.41, 5.74) is 0. The number of hydrogen-bond donors (Lipinski definition) is 0. The third kappa shape index (κ3) is 4.82. The molecule has 0 saturated carbocycles. The molecule has 0 saturated heterocycles. The van der Waals surface area contributed by atoms with Crippen molar-refractivity contribution in [3.05, 3.63) is 12.7 Å². The Bertz CT molecular complexity index is 123. The van der Waals surface area contributed by atoms with Crippen LogP contribution in [0.1, 0.15) is 13.3 Å². The maximum Gasteiger partial charge on any atom is 0.219 e. The molecule has 0 aromatic carbocycles. The molecule has 0 aliphatic heterocycles. The predicted octanol–water partition coefficient (Wildman–Crippen LogP) is 2.62. The minimum Gasteiger partial charge on any atom is -0.475 e. The van der Waals surface area contributed by atoms with E-state index in [1.807, 2.05) is 19.3 Å². The van der Waals surface area contributed by atoms with Gasteiger partial charge >= 0.3 is 0 Å². The number of thiocarbonyl (C=S) groups is 1. The van der Waals surface area contributed by atoms with Gasteiger partial charge in [0, 0.05) is 6.42 Å². The van der Waals surface area contributed by atoms with Crippen molar-refractivity contribution in [1.29, 1.82) is 0 Å². The zero-order valence-electron chi connectivity index (χ0n) is 6.29. The molecule has 0 N–H and O–H groups in total. The summed E-state index contributed by atoms with van der Waals surface area (Å²) in [5, 5.41) is 0. The third-order valence-electron chi connectivity index (χ3n) is 0.963. The lowest BCUT2D eigenvalue weighted by Crippen LogP contribution is -2.09. The van der Waals surface area contributed by atoms with Gasteiger partial charge in [0.25, 0.3) is 0 Å². The van der Waals surface area contributed by atoms with E-state index in [2.05, 4.69) is 6.58 Å². The van der Waals surface area contributed by atoms with Gasteiger partial charge in [-0.25, -0.2) is 0 Å². The molecule has 0 aliphatic carbocycles. The summed E-state index contributed by atoms with van der Waals surface area (Å²) in [6, 6.07) is 0. The molecule has 1 unspecified atom stereocenters. The Labute approximate surface area is 71.8 Å². The number of thioether (sulfide) groups is 1. The van der Waals surface area contributed by atoms with Gasteiger partial charge in [0.15, 0.2) is 0 Å². The van der Waals surface area contributed by atoms with Crippen LogP contribution in [0.15, 0.2) is 12.7 Å². The van der Waals surface area contributed by atoms with Crippen molar-refractivity contribution in [3.8, 4) is 0 Å². The fraction of sp³-hybridized carbons (Fsp3) is 0.571. The van der Waals surface area contributed by atoms with E-state index >= 15 is 0 Å². The van der Waals surface area contributed by atoms with Crippen LogP contribution in [-0.2, 0) is 4.74 Å². The quantitative estimate of drug-likeness (QED) is 0.483. The van der Waals surface area contributed by atoms with Crippen LogP contribution in [0.2, 0.25) is 0 Å². The van der Waals surface area contributed by atoms with E-state index in [9.17, 15) is 0 Å². The summed E-state index contributed by atoms with van der Waals surface area (Å²) in [7, 11) is 0. The molecule has 0 heterocycles. The highest BCUT2D eigenvalue weighted by atomic mass is 32.2. The maximum atomic E-state index is 5.26. The van der Waals surface area contributed by atoms with Gasteiger partial charge in [-0.2, -0.15) is 0 Å². The maximum absolute atomic E-state index is 5.26. The second-order valence-corrected chi connectivity index (χ2v) is 3.32. The Morgan fingerprint density at radius 2 is 2.50 bits per heavy atom. The fourth-order valence-electron chi connectivity index (χ4n) is 0.495. The van der Waals surface area contributed by atoms with E-state index < -0.39 is 0 Å². The molecule has 0 aromatic heterocycles. The van der Waals surface area contributed by atoms with Crippen LogP contribution < -0.4 is 0 Å². The van der Waals surface area contributed by atoms with E-state index in [1.165, 1.54) is 11.8 Å². The summed E-state index contributed by atoms with van der Waals surface area (Å²) in [4.78, 5) is 0. The number of ether oxygens (including phenoxy) is 1. The van der Waals surface area contributed by atoms with E-state index in [4.69, 9.17) is 17.0 Å². The summed E-state index contributed by atoms with van der Waals surface area (Å²) in [6.45, 7) is 5.58. The summed E-state index contributed by atoms with van der Waals surface area (Å²) >= 11 is 6.31. The van der Waals surface area contributed by atoms with Gasteiger partial charge in [-0.1, -0.05) is 17.8 Å². The first-order valence-corrected chi connectivity index (χ1v) is 4.69. The first kappa shape index (κ1) is 9.98. The molecule has 1 nitrogen and oxygen atoms in total. The number of rotatable bonds is 3. The SMILES string of the molecule is C=CCC(C)OC(=S)SC. The van der Waals surface area contributed by atoms with Crippen molar-refractivity contribution >= 4 is 28.4 Å². The summed E-state index contributed by atoms with van der Waals surface area (Å²) in [6.07, 6.45) is 4.74. The Balaban J connectivity index is 3.46. The molecule has 0 fully saturated rings. The highest BCUT2D eigenvalue weighted by Gasteiger charge is 2.01. The molecule has 10 heavy (non-hydrogen) atoms. The molecule has 0 radical (unpaired) electrons. The van der Waals surface area contributed by atoms with Gasteiger partial charge in [-0.3, -0.25) is 0 Å². The molecule has 58 valence electrons. The molecule has 0 amide bonds. The van der Waals surface area contributed by atoms with Crippen LogP contribution >= 0.6 is 24.0 Å². The minimum absolute atomic E-state index is 0.164. The molecule has 0 rings (SSSR count). The van der Waals surface area contributed by atoms with E-state index in [1.54, 1.807) is 0 Å². The molecular weight excluding hydrogens is 164 g/mol. The van der Waals surface area contributed by atoms with Gasteiger partial charge in [0.05, 0.1) is 0 Å². The first-order chi connectivity index (χ1) is 4.70. The Kier molecular flexibility index (Phi) is 5.73. The lowest BCUT2D eigenvalue weighted by molar-refractivity contribution is 0.225. The van der Waals surface area contributed by atoms with E-state index in [-0.39, 0.29) is 6.10 Å². The molecule has 1 atom stereocenters. The first-order valence-electron chi connectivity index (χ1n) is 3.06. The van der Waals surface area contributed by atoms with Crippen LogP contribution in [0.5, 0.6) is 0 Å². The molecule has 0 spiro atoms. The zero-order valence-corrected chi connectivity index (χ0v) is 7.93. The molecule has 0 bridgehead atoms. The highest BCUT2D eigenvalue weighted by molar-refractivity contribution is 8.22. The number of hydrogen-bond acceptors (Lipinski definition) is 3. The predicted molar refractivity (Wildman–Crippen MR) is 51.5 cm³/mol. The van der Waals surface area contributed by atoms with E-state index in [0.29, 0.717) is 4.38 Å². The topological polar surface area (TPSA) is 9.23 Å². The molecule has 0 aliphatic rings. The second kappa shape index (κ2) is 5.74. The van der Waals surface area contributed by atoms with Crippen LogP contribution in [0, 0.1) is 0 Å². The second-order valence-electron chi connectivity index (χ2n) is 1.91. The zero-order chi connectivity index (χ0) is 7.98. The van der Waals surface area contributed by atoms with Gasteiger partial charge in [0.1, 0.15) is 6.10 Å². The molecule has 3 heteroatoms. The minimum atomic E-state index is 0.164. The van der Waals surface area contributed by atoms with Crippen molar-refractivity contribution in [3.63, 3.8) is 0 Å². The third-order valence-corrected chi connectivity index (χ3v) is 1.99. The Hall–Kier alpha value is -0.0200. The summed E-state index contributed by atoms with van der Waals surface area (Å²) < 4.78 is 5.87. The lowest BCUT2D eigenvalue weighted by atomic mass is 10.3. The smallest absolute Gasteiger partial charge is 0.219 e. The van der Waals surface area contributed by atoms with Crippen LogP contribution in [0.25, 0.3) is 0 Å². The average molecular weight is 176 g/mol. The fourth-order valence-corrected chi connectivity index (χ4v) is 0.920. The standard InChI is InChI=1S/C7H12OS2/c1-4-5-6(2)8-7(9)10-3/h4,6H,1,5H2,2-3H3. The van der Waals surface area contributed by atoms with Crippen molar-refractivity contribution < 1.29 is 4.74 Å². The van der Waals surface area contributed by atoms with Crippen molar-refractivity contribution in [2.24, 2.45) is 0 Å². The lowest BCUT2D eigenvalue weighted by Gasteiger charge is -2.10. The van der Waals surface area contributed by atoms with Crippen LogP contribution in [0.3, 0.4) is 0 Å². The Morgan fingerprint density at radius 3 is 2.90 bits per heavy atom. The van der Waals surface area contributed by atoms with Gasteiger partial charge in [-0.15, -0.1) is 6.58 Å². The normalized spacial score (nSPS) is 12.2. The monoisotopic (exact) mass is 176 g/mol. The Morgan fingerprint density at radius 1 is 1.90 bits per heavy atom. The van der Waals surface area contributed by atoms with Gasteiger partial charge in [-0.05, 0) is 25.4 Å². The van der Waals surface area contributed by atoms with Crippen molar-refractivity contribution in [2.75, 3.05) is 6.26 Å². The van der Waals surface area contributed by atoms with Gasteiger partial charge < -0.3 is 4.74 Å². The van der Waals surface area contributed by atoms with Crippen LogP contribution in [-0.4, -0.2) is 16.7 Å². The average Bonchev–Trinajstić information content (AvgIpc) is 1.88. The highest BCUT2D eigenvalue weighted by Crippen LogP contribution is 2.06. The molecular formula is C7H12OS2. The summed E-state index contributed by atoms with van der Waals surface area (Å²) in [5.74, 6) is 0. The van der Waals surface area contributed by atoms with Crippen molar-refractivity contribution in [2.45, 2.75) is 19.4 Å². The van der Waals surface area contributed by atoms with Crippen molar-refractivity contribution in [1.82, 2.24) is 0 Å². The molecule has 0 aromatic rings. The van der Waals surface area contributed by atoms with E-state index in [0.717, 1.165) is 6.42 Å². The van der Waals surface area contributed by atoms with Crippen LogP contribution in [0.4, 0.5) is 0 Å². The van der Waals surface area contributed by atoms with Gasteiger partial charge in [0.2, 0.25) is 4.38 Å².